The molecule has 0 unspecified atom stereocenters. The van der Waals surface area contributed by atoms with Crippen LogP contribution in [0.4, 0.5) is 5.13 Å². The number of anilines is 1. The fourth-order valence-corrected chi connectivity index (χ4v) is 2.61. The van der Waals surface area contributed by atoms with E-state index < -0.39 is 0 Å². The van der Waals surface area contributed by atoms with Crippen molar-refractivity contribution in [3.05, 3.63) is 23.8 Å². The predicted octanol–water partition coefficient (Wildman–Crippen LogP) is 4.21. The molecule has 0 radical (unpaired) electrons. The molecule has 1 N–H and O–H groups in total. The smallest absolute Gasteiger partial charge is 0.184 e. The van der Waals surface area contributed by atoms with E-state index in [0.717, 1.165) is 17.1 Å². The molecule has 0 saturated carbocycles. The van der Waals surface area contributed by atoms with Gasteiger partial charge in [-0.25, -0.2) is 4.98 Å². The first-order chi connectivity index (χ1) is 7.50. The van der Waals surface area contributed by atoms with Gasteiger partial charge in [0.2, 0.25) is 0 Å². The molecular formula is C13H18N2S. The quantitative estimate of drug-likeness (QED) is 0.860. The van der Waals surface area contributed by atoms with Crippen molar-refractivity contribution in [2.75, 3.05) is 5.32 Å². The van der Waals surface area contributed by atoms with Gasteiger partial charge in [-0.2, -0.15) is 0 Å². The van der Waals surface area contributed by atoms with Gasteiger partial charge in [0, 0.05) is 5.54 Å². The molecule has 0 aliphatic heterocycles. The zero-order chi connectivity index (χ0) is 11.8. The molecule has 1 aromatic heterocycles. The van der Waals surface area contributed by atoms with E-state index >= 15 is 0 Å². The number of nitrogens with zero attached hydrogens (tertiary/aromatic N) is 1. The van der Waals surface area contributed by atoms with Gasteiger partial charge in [0.1, 0.15) is 0 Å². The Balaban J connectivity index is 2.33. The Kier molecular flexibility index (Phi) is 2.89. The van der Waals surface area contributed by atoms with Crippen LogP contribution in [0, 0.1) is 6.92 Å². The molecular weight excluding hydrogens is 216 g/mol. The van der Waals surface area contributed by atoms with Gasteiger partial charge in [0.15, 0.2) is 5.13 Å². The highest BCUT2D eigenvalue weighted by atomic mass is 32.1. The Morgan fingerprint density at radius 3 is 2.81 bits per heavy atom. The third kappa shape index (κ3) is 2.35. The predicted molar refractivity (Wildman–Crippen MR) is 72.3 cm³/mol. The molecule has 0 aliphatic rings. The van der Waals surface area contributed by atoms with Crippen molar-refractivity contribution in [1.82, 2.24) is 4.98 Å². The number of benzene rings is 1. The number of rotatable bonds is 3. The summed E-state index contributed by atoms with van der Waals surface area (Å²) in [5, 5.41) is 4.51. The second-order valence-electron chi connectivity index (χ2n) is 4.85. The summed E-state index contributed by atoms with van der Waals surface area (Å²) in [6.07, 6.45) is 1.09. The van der Waals surface area contributed by atoms with Crippen LogP contribution in [-0.4, -0.2) is 10.5 Å². The monoisotopic (exact) mass is 234 g/mol. The Bertz CT molecular complexity index is 500. The molecule has 0 bridgehead atoms. The Morgan fingerprint density at radius 1 is 1.38 bits per heavy atom. The molecule has 0 saturated heterocycles. The number of fused-ring (bicyclic) bond motifs is 1. The topological polar surface area (TPSA) is 24.9 Å². The standard InChI is InChI=1S/C13H18N2S/c1-5-13(3,4)15-12-14-10-7-6-9(2)8-11(10)16-12/h6-8H,5H2,1-4H3,(H,14,15). The average molecular weight is 234 g/mol. The maximum Gasteiger partial charge on any atom is 0.184 e. The molecule has 0 aliphatic carbocycles. The van der Waals surface area contributed by atoms with Crippen molar-refractivity contribution in [2.45, 2.75) is 39.7 Å². The molecule has 1 heterocycles. The molecule has 0 atom stereocenters. The summed E-state index contributed by atoms with van der Waals surface area (Å²) in [5.74, 6) is 0. The lowest BCUT2D eigenvalue weighted by Crippen LogP contribution is -2.29. The third-order valence-corrected chi connectivity index (χ3v) is 3.81. The number of hydrogen-bond donors (Lipinski definition) is 1. The van der Waals surface area contributed by atoms with Crippen LogP contribution in [0.3, 0.4) is 0 Å². The Labute approximate surface area is 101 Å². The number of hydrogen-bond acceptors (Lipinski definition) is 3. The first-order valence-corrected chi connectivity index (χ1v) is 6.47. The van der Waals surface area contributed by atoms with Crippen LogP contribution < -0.4 is 5.32 Å². The highest BCUT2D eigenvalue weighted by Gasteiger charge is 2.16. The summed E-state index contributed by atoms with van der Waals surface area (Å²) < 4.78 is 1.26. The number of aryl methyl sites for hydroxylation is 1. The summed E-state index contributed by atoms with van der Waals surface area (Å²) in [6.45, 7) is 8.70. The molecule has 2 aromatic rings. The van der Waals surface area contributed by atoms with Crippen LogP contribution in [0.1, 0.15) is 32.8 Å². The maximum atomic E-state index is 4.59. The normalized spacial score (nSPS) is 12.0. The lowest BCUT2D eigenvalue weighted by Gasteiger charge is -2.23. The van der Waals surface area contributed by atoms with Crippen molar-refractivity contribution < 1.29 is 0 Å². The van der Waals surface area contributed by atoms with E-state index in [9.17, 15) is 0 Å². The second-order valence-corrected chi connectivity index (χ2v) is 5.88. The van der Waals surface area contributed by atoms with Gasteiger partial charge in [-0.15, -0.1) is 0 Å². The summed E-state index contributed by atoms with van der Waals surface area (Å²) in [5.41, 5.74) is 2.49. The maximum absolute atomic E-state index is 4.59. The molecule has 1 aromatic carbocycles. The van der Waals surface area contributed by atoms with Gasteiger partial charge in [-0.05, 0) is 44.9 Å². The van der Waals surface area contributed by atoms with Crippen LogP contribution in [0.15, 0.2) is 18.2 Å². The average Bonchev–Trinajstić information content (AvgIpc) is 2.58. The Hall–Kier alpha value is -1.09. The molecule has 86 valence electrons. The van der Waals surface area contributed by atoms with Gasteiger partial charge in [0.05, 0.1) is 10.2 Å². The fraction of sp³-hybridized carbons (Fsp3) is 0.462. The van der Waals surface area contributed by atoms with Crippen molar-refractivity contribution in [1.29, 1.82) is 0 Å². The third-order valence-electron chi connectivity index (χ3n) is 2.87. The number of aromatic nitrogens is 1. The molecule has 0 amide bonds. The number of thiazole rings is 1. The van der Waals surface area contributed by atoms with Crippen molar-refractivity contribution >= 4 is 26.7 Å². The lowest BCUT2D eigenvalue weighted by atomic mass is 10.0. The minimum atomic E-state index is 0.114. The molecule has 0 fully saturated rings. The van der Waals surface area contributed by atoms with Gasteiger partial charge in [-0.3, -0.25) is 0 Å². The summed E-state index contributed by atoms with van der Waals surface area (Å²) in [6, 6.07) is 6.39. The highest BCUT2D eigenvalue weighted by Crippen LogP contribution is 2.29. The van der Waals surface area contributed by atoms with E-state index in [1.807, 2.05) is 0 Å². The fourth-order valence-electron chi connectivity index (χ4n) is 1.46. The summed E-state index contributed by atoms with van der Waals surface area (Å²) >= 11 is 1.73. The lowest BCUT2D eigenvalue weighted by molar-refractivity contribution is 0.547. The van der Waals surface area contributed by atoms with Gasteiger partial charge in [-0.1, -0.05) is 24.3 Å². The minimum absolute atomic E-state index is 0.114. The molecule has 16 heavy (non-hydrogen) atoms. The van der Waals surface area contributed by atoms with Crippen LogP contribution in [-0.2, 0) is 0 Å². The first kappa shape index (κ1) is 11.4. The van der Waals surface area contributed by atoms with Crippen LogP contribution in [0.5, 0.6) is 0 Å². The van der Waals surface area contributed by atoms with Crippen LogP contribution in [0.25, 0.3) is 10.2 Å². The summed E-state index contributed by atoms with van der Waals surface area (Å²) in [4.78, 5) is 4.59. The first-order valence-electron chi connectivity index (χ1n) is 5.65. The molecule has 3 heteroatoms. The molecule has 0 spiro atoms. The second kappa shape index (κ2) is 4.06. The molecule has 2 nitrogen and oxygen atoms in total. The van der Waals surface area contributed by atoms with Crippen LogP contribution in [0.2, 0.25) is 0 Å². The van der Waals surface area contributed by atoms with E-state index in [4.69, 9.17) is 0 Å². The SMILES string of the molecule is CCC(C)(C)Nc1nc2ccc(C)cc2s1. The zero-order valence-corrected chi connectivity index (χ0v) is 11.1. The van der Waals surface area contributed by atoms with Crippen molar-refractivity contribution in [3.8, 4) is 0 Å². The largest absolute Gasteiger partial charge is 0.357 e. The van der Waals surface area contributed by atoms with E-state index in [0.29, 0.717) is 0 Å². The highest BCUT2D eigenvalue weighted by molar-refractivity contribution is 7.22. The van der Waals surface area contributed by atoms with Gasteiger partial charge in [0.25, 0.3) is 0 Å². The van der Waals surface area contributed by atoms with Gasteiger partial charge >= 0.3 is 0 Å². The summed E-state index contributed by atoms with van der Waals surface area (Å²) in [7, 11) is 0. The van der Waals surface area contributed by atoms with Crippen molar-refractivity contribution in [3.63, 3.8) is 0 Å². The van der Waals surface area contributed by atoms with E-state index in [-0.39, 0.29) is 5.54 Å². The van der Waals surface area contributed by atoms with E-state index in [1.54, 1.807) is 11.3 Å². The Morgan fingerprint density at radius 2 is 2.12 bits per heavy atom. The van der Waals surface area contributed by atoms with Crippen molar-refractivity contribution in [2.24, 2.45) is 0 Å². The zero-order valence-electron chi connectivity index (χ0n) is 10.3. The van der Waals surface area contributed by atoms with Crippen LogP contribution >= 0.6 is 11.3 Å². The van der Waals surface area contributed by atoms with Gasteiger partial charge < -0.3 is 5.32 Å². The molecule has 2 rings (SSSR count). The van der Waals surface area contributed by atoms with E-state index in [1.165, 1.54) is 10.3 Å². The van der Waals surface area contributed by atoms with E-state index in [2.05, 4.69) is 56.2 Å². The number of nitrogens with one attached hydrogen (secondary N) is 1. The minimum Gasteiger partial charge on any atom is -0.357 e.